The Morgan fingerprint density at radius 2 is 1.93 bits per heavy atom. The van der Waals surface area contributed by atoms with Gasteiger partial charge in [-0.15, -0.1) is 5.10 Å². The third-order valence-electron chi connectivity index (χ3n) is 5.20. The molecule has 8 nitrogen and oxygen atoms in total. The predicted octanol–water partition coefficient (Wildman–Crippen LogP) is 3.20. The van der Waals surface area contributed by atoms with Crippen LogP contribution in [0.5, 0.6) is 5.75 Å². The number of rotatable bonds is 7. The normalized spacial score (nSPS) is 12.8. The highest BCUT2D eigenvalue weighted by Crippen LogP contribution is 2.26. The van der Waals surface area contributed by atoms with E-state index in [0.29, 0.717) is 30.1 Å². The first kappa shape index (κ1) is 18.5. The maximum atomic E-state index is 8.83. The van der Waals surface area contributed by atoms with Crippen LogP contribution in [0.25, 0.3) is 16.9 Å². The zero-order valence-electron chi connectivity index (χ0n) is 16.5. The van der Waals surface area contributed by atoms with Gasteiger partial charge in [0.15, 0.2) is 11.2 Å². The third-order valence-corrected chi connectivity index (χ3v) is 5.20. The van der Waals surface area contributed by atoms with Crippen molar-refractivity contribution in [3.63, 3.8) is 0 Å². The Morgan fingerprint density at radius 3 is 2.80 bits per heavy atom. The van der Waals surface area contributed by atoms with E-state index in [0.717, 1.165) is 30.0 Å². The second-order valence-electron chi connectivity index (χ2n) is 7.29. The van der Waals surface area contributed by atoms with Crippen LogP contribution in [-0.4, -0.2) is 43.3 Å². The van der Waals surface area contributed by atoms with Crippen LogP contribution in [0.4, 0.5) is 11.6 Å². The second-order valence-corrected chi connectivity index (χ2v) is 7.29. The van der Waals surface area contributed by atoms with Crippen LogP contribution in [-0.2, 0) is 12.8 Å². The third kappa shape index (κ3) is 3.69. The number of aryl methyl sites for hydroxylation is 2. The second kappa shape index (κ2) is 8.08. The molecule has 0 fully saturated rings. The van der Waals surface area contributed by atoms with Crippen LogP contribution >= 0.6 is 0 Å². The van der Waals surface area contributed by atoms with Gasteiger partial charge in [-0.3, -0.25) is 0 Å². The molecule has 0 atom stereocenters. The standard InChI is InChI=1S/C22H22N6O2/c29-11-2-12-30-19-9-6-17(7-10-19)24-22-23-14-20-21(25-22)28(27-26-20)18-8-5-15-3-1-4-16(15)13-18/h5-10,13-14,29H,1-4,11-12H2,(H,23,24,25). The Kier molecular flexibility index (Phi) is 4.98. The lowest BCUT2D eigenvalue weighted by Gasteiger charge is -2.08. The molecule has 8 heteroatoms. The summed E-state index contributed by atoms with van der Waals surface area (Å²) in [5.74, 6) is 1.23. The van der Waals surface area contributed by atoms with Gasteiger partial charge in [0.05, 0.1) is 18.5 Å². The fraction of sp³-hybridized carbons (Fsp3) is 0.273. The number of hydrogen-bond donors (Lipinski definition) is 2. The molecule has 0 saturated carbocycles. The number of aliphatic hydroxyl groups excluding tert-OH is 1. The summed E-state index contributed by atoms with van der Waals surface area (Å²) in [5, 5.41) is 20.5. The van der Waals surface area contributed by atoms with Crippen molar-refractivity contribution >= 4 is 22.8 Å². The van der Waals surface area contributed by atoms with Gasteiger partial charge in [0.2, 0.25) is 5.95 Å². The van der Waals surface area contributed by atoms with Gasteiger partial charge in [-0.1, -0.05) is 11.3 Å². The average Bonchev–Trinajstić information content (AvgIpc) is 3.41. The van der Waals surface area contributed by atoms with E-state index in [4.69, 9.17) is 9.84 Å². The number of aliphatic hydroxyl groups is 1. The number of ether oxygens (including phenoxy) is 1. The van der Waals surface area contributed by atoms with Crippen molar-refractivity contribution in [1.82, 2.24) is 25.0 Å². The SMILES string of the molecule is OCCCOc1ccc(Nc2ncc3nnn(-c4ccc5c(c4)CCC5)c3n2)cc1. The minimum Gasteiger partial charge on any atom is -0.494 e. The van der Waals surface area contributed by atoms with Crippen molar-refractivity contribution in [2.45, 2.75) is 25.7 Å². The summed E-state index contributed by atoms with van der Waals surface area (Å²) in [6.07, 6.45) is 5.75. The zero-order chi connectivity index (χ0) is 20.3. The van der Waals surface area contributed by atoms with E-state index < -0.39 is 0 Å². The van der Waals surface area contributed by atoms with Crippen molar-refractivity contribution in [3.05, 3.63) is 59.8 Å². The molecule has 0 spiro atoms. The van der Waals surface area contributed by atoms with E-state index in [-0.39, 0.29) is 6.61 Å². The largest absolute Gasteiger partial charge is 0.494 e. The van der Waals surface area contributed by atoms with Gasteiger partial charge in [-0.2, -0.15) is 9.67 Å². The Hall–Kier alpha value is -3.52. The Labute approximate surface area is 173 Å². The first-order chi connectivity index (χ1) is 14.8. The van der Waals surface area contributed by atoms with E-state index in [1.807, 2.05) is 24.3 Å². The minimum absolute atomic E-state index is 0.121. The molecule has 2 heterocycles. The van der Waals surface area contributed by atoms with Gasteiger partial charge in [0.25, 0.3) is 0 Å². The molecule has 4 aromatic rings. The number of hydrogen-bond acceptors (Lipinski definition) is 7. The molecule has 0 bridgehead atoms. The highest BCUT2D eigenvalue weighted by atomic mass is 16.5. The molecule has 1 aliphatic carbocycles. The number of nitrogens with one attached hydrogen (secondary N) is 1. The topological polar surface area (TPSA) is 98.0 Å². The smallest absolute Gasteiger partial charge is 0.229 e. The molecule has 0 saturated heterocycles. The van der Waals surface area contributed by atoms with Gasteiger partial charge >= 0.3 is 0 Å². The van der Waals surface area contributed by atoms with Crippen molar-refractivity contribution < 1.29 is 9.84 Å². The number of aromatic nitrogens is 5. The number of benzene rings is 2. The molecule has 0 amide bonds. The van der Waals surface area contributed by atoms with E-state index in [1.165, 1.54) is 17.5 Å². The van der Waals surface area contributed by atoms with Crippen molar-refractivity contribution in [1.29, 1.82) is 0 Å². The van der Waals surface area contributed by atoms with E-state index in [2.05, 4.69) is 43.8 Å². The first-order valence-electron chi connectivity index (χ1n) is 10.1. The fourth-order valence-corrected chi connectivity index (χ4v) is 3.67. The van der Waals surface area contributed by atoms with E-state index in [1.54, 1.807) is 10.9 Å². The summed E-state index contributed by atoms with van der Waals surface area (Å²) < 4.78 is 7.32. The van der Waals surface area contributed by atoms with Crippen LogP contribution in [0.15, 0.2) is 48.7 Å². The molecule has 0 aliphatic heterocycles. The molecule has 0 unspecified atom stereocenters. The van der Waals surface area contributed by atoms with E-state index in [9.17, 15) is 0 Å². The van der Waals surface area contributed by atoms with Crippen molar-refractivity contribution in [2.75, 3.05) is 18.5 Å². The van der Waals surface area contributed by atoms with Gasteiger partial charge in [-0.25, -0.2) is 4.98 Å². The first-order valence-corrected chi connectivity index (χ1v) is 10.1. The molecular weight excluding hydrogens is 380 g/mol. The maximum Gasteiger partial charge on any atom is 0.229 e. The highest BCUT2D eigenvalue weighted by Gasteiger charge is 2.15. The van der Waals surface area contributed by atoms with Gasteiger partial charge in [0.1, 0.15) is 5.75 Å². The van der Waals surface area contributed by atoms with Crippen molar-refractivity contribution in [3.8, 4) is 11.4 Å². The monoisotopic (exact) mass is 402 g/mol. The number of anilines is 2. The van der Waals surface area contributed by atoms with Gasteiger partial charge in [0, 0.05) is 18.7 Å². The van der Waals surface area contributed by atoms with E-state index >= 15 is 0 Å². The summed E-state index contributed by atoms with van der Waals surface area (Å²) in [6, 6.07) is 14.0. The lowest BCUT2D eigenvalue weighted by atomic mass is 10.1. The summed E-state index contributed by atoms with van der Waals surface area (Å²) in [4.78, 5) is 8.99. The van der Waals surface area contributed by atoms with Gasteiger partial charge in [-0.05, 0) is 66.8 Å². The van der Waals surface area contributed by atoms with Crippen LogP contribution in [0.1, 0.15) is 24.0 Å². The summed E-state index contributed by atoms with van der Waals surface area (Å²) in [7, 11) is 0. The highest BCUT2D eigenvalue weighted by molar-refractivity contribution is 5.73. The van der Waals surface area contributed by atoms with Gasteiger partial charge < -0.3 is 15.2 Å². The van der Waals surface area contributed by atoms with Crippen molar-refractivity contribution in [2.24, 2.45) is 0 Å². The zero-order valence-corrected chi connectivity index (χ0v) is 16.5. The molecular formula is C22H22N6O2. The van der Waals surface area contributed by atoms with Crippen LogP contribution < -0.4 is 10.1 Å². The Bertz CT molecular complexity index is 1170. The van der Waals surface area contributed by atoms with Crippen LogP contribution in [0.2, 0.25) is 0 Å². The molecule has 152 valence electrons. The summed E-state index contributed by atoms with van der Waals surface area (Å²) >= 11 is 0. The summed E-state index contributed by atoms with van der Waals surface area (Å²) in [6.45, 7) is 0.610. The summed E-state index contributed by atoms with van der Waals surface area (Å²) in [5.41, 5.74) is 5.92. The molecule has 2 N–H and O–H groups in total. The average molecular weight is 402 g/mol. The molecule has 2 aromatic carbocycles. The molecule has 0 radical (unpaired) electrons. The van der Waals surface area contributed by atoms with Crippen LogP contribution in [0.3, 0.4) is 0 Å². The molecule has 5 rings (SSSR count). The molecule has 30 heavy (non-hydrogen) atoms. The Morgan fingerprint density at radius 1 is 1.07 bits per heavy atom. The predicted molar refractivity (Wildman–Crippen MR) is 113 cm³/mol. The minimum atomic E-state index is 0.121. The van der Waals surface area contributed by atoms with Crippen LogP contribution in [0, 0.1) is 0 Å². The molecule has 1 aliphatic rings. The quantitative estimate of drug-likeness (QED) is 0.458. The fourth-order valence-electron chi connectivity index (χ4n) is 3.67. The Balaban J connectivity index is 1.38. The lowest BCUT2D eigenvalue weighted by Crippen LogP contribution is -2.02. The number of nitrogens with zero attached hydrogens (tertiary/aromatic N) is 5. The lowest BCUT2D eigenvalue weighted by molar-refractivity contribution is 0.233. The maximum absolute atomic E-state index is 8.83. The molecule has 2 aromatic heterocycles. The number of fused-ring (bicyclic) bond motifs is 2.